The maximum absolute atomic E-state index is 13.6. The molecule has 0 atom stereocenters. The van der Waals surface area contributed by atoms with E-state index >= 15 is 0 Å². The van der Waals surface area contributed by atoms with Gasteiger partial charge in [-0.1, -0.05) is 23.7 Å². The van der Waals surface area contributed by atoms with Gasteiger partial charge in [-0.2, -0.15) is 0 Å². The van der Waals surface area contributed by atoms with Gasteiger partial charge in [0.1, 0.15) is 5.76 Å². The predicted octanol–water partition coefficient (Wildman–Crippen LogP) is 5.01. The summed E-state index contributed by atoms with van der Waals surface area (Å²) in [4.78, 5) is 12.8. The van der Waals surface area contributed by atoms with Gasteiger partial charge >= 0.3 is 0 Å². The highest BCUT2D eigenvalue weighted by Crippen LogP contribution is 2.43. The Balaban J connectivity index is 1.75. The third kappa shape index (κ3) is 3.40. The van der Waals surface area contributed by atoms with Crippen molar-refractivity contribution in [1.82, 2.24) is 5.32 Å². The van der Waals surface area contributed by atoms with Gasteiger partial charge in [0.05, 0.1) is 17.2 Å². The van der Waals surface area contributed by atoms with E-state index in [0.717, 1.165) is 25.0 Å². The van der Waals surface area contributed by atoms with Gasteiger partial charge < -0.3 is 15.2 Å². The molecule has 1 amide bonds. The molecule has 1 aliphatic carbocycles. The highest BCUT2D eigenvalue weighted by Gasteiger charge is 2.48. The van der Waals surface area contributed by atoms with E-state index in [2.05, 4.69) is 5.32 Å². The van der Waals surface area contributed by atoms with E-state index in [-0.39, 0.29) is 22.5 Å². The van der Waals surface area contributed by atoms with E-state index in [1.165, 1.54) is 6.07 Å². The topological polar surface area (TPSA) is 58.6 Å². The van der Waals surface area contributed by atoms with Gasteiger partial charge in [0, 0.05) is 17.7 Å². The Bertz CT molecular complexity index is 1010. The molecule has 4 nitrogen and oxygen atoms in total. The molecule has 0 radical (unpaired) electrons. The van der Waals surface area contributed by atoms with Crippen molar-refractivity contribution in [2.75, 3.05) is 7.11 Å². The van der Waals surface area contributed by atoms with Crippen LogP contribution in [0.4, 0.5) is 8.78 Å². The van der Waals surface area contributed by atoms with Crippen LogP contribution in [0.15, 0.2) is 42.2 Å². The zero-order valence-electron chi connectivity index (χ0n) is 15.8. The number of ether oxygens (including phenoxy) is 1. The van der Waals surface area contributed by atoms with E-state index in [0.29, 0.717) is 29.5 Å². The normalized spacial score (nSPS) is 24.3. The molecule has 1 spiro atoms. The molecule has 0 saturated heterocycles. The minimum Gasteiger partial charge on any atom is -0.509 e. The van der Waals surface area contributed by atoms with E-state index in [4.69, 9.17) is 16.3 Å². The zero-order chi connectivity index (χ0) is 20.8. The Hall–Kier alpha value is -2.44. The molecule has 2 N–H and O–H groups in total. The van der Waals surface area contributed by atoms with Crippen LogP contribution in [0.25, 0.3) is 16.7 Å². The first-order valence-electron chi connectivity index (χ1n) is 9.39. The van der Waals surface area contributed by atoms with Crippen molar-refractivity contribution < 1.29 is 23.4 Å². The number of nitrogens with one attached hydrogen (secondary N) is 1. The highest BCUT2D eigenvalue weighted by molar-refractivity contribution is 6.35. The molecule has 2 aromatic carbocycles. The molecular formula is C22H20ClF2NO3. The summed E-state index contributed by atoms with van der Waals surface area (Å²) in [5.41, 5.74) is 0.656. The monoisotopic (exact) mass is 419 g/mol. The van der Waals surface area contributed by atoms with Crippen molar-refractivity contribution in [2.24, 2.45) is 0 Å². The minimum atomic E-state index is -0.964. The highest BCUT2D eigenvalue weighted by atomic mass is 35.5. The molecule has 2 aliphatic rings. The lowest BCUT2D eigenvalue weighted by molar-refractivity contribution is -0.116. The van der Waals surface area contributed by atoms with E-state index in [1.807, 2.05) is 0 Å². The Morgan fingerprint density at radius 2 is 1.76 bits per heavy atom. The molecule has 1 saturated carbocycles. The summed E-state index contributed by atoms with van der Waals surface area (Å²) in [5.74, 6) is -2.33. The van der Waals surface area contributed by atoms with Gasteiger partial charge in [-0.25, -0.2) is 8.78 Å². The fraction of sp³-hybridized carbons (Fsp3) is 0.318. The van der Waals surface area contributed by atoms with Crippen molar-refractivity contribution in [2.45, 2.75) is 37.3 Å². The van der Waals surface area contributed by atoms with Crippen molar-refractivity contribution in [1.29, 1.82) is 0 Å². The molecule has 1 fully saturated rings. The van der Waals surface area contributed by atoms with Crippen molar-refractivity contribution in [3.05, 3.63) is 64.4 Å². The molecular weight excluding hydrogens is 400 g/mol. The number of carbonyl (C=O) groups excluding carboxylic acids is 1. The maximum atomic E-state index is 13.6. The van der Waals surface area contributed by atoms with E-state index < -0.39 is 23.1 Å². The number of halogens is 3. The summed E-state index contributed by atoms with van der Waals surface area (Å²) < 4.78 is 32.3. The Kier molecular flexibility index (Phi) is 5.09. The van der Waals surface area contributed by atoms with Gasteiger partial charge in [-0.3, -0.25) is 4.79 Å². The lowest BCUT2D eigenvalue weighted by Gasteiger charge is -2.36. The first-order chi connectivity index (χ1) is 13.8. The number of rotatable bonds is 3. The molecule has 152 valence electrons. The molecule has 1 aliphatic heterocycles. The summed E-state index contributed by atoms with van der Waals surface area (Å²) in [6, 6.07) is 8.41. The van der Waals surface area contributed by atoms with Gasteiger partial charge in [0.2, 0.25) is 0 Å². The summed E-state index contributed by atoms with van der Waals surface area (Å²) >= 11 is 6.34. The number of carbonyl (C=O) groups is 1. The van der Waals surface area contributed by atoms with Crippen LogP contribution in [0, 0.1) is 11.6 Å². The van der Waals surface area contributed by atoms with Crippen LogP contribution < -0.4 is 5.32 Å². The number of amides is 1. The Morgan fingerprint density at radius 3 is 2.41 bits per heavy atom. The number of hydrogen-bond donors (Lipinski definition) is 2. The van der Waals surface area contributed by atoms with Gasteiger partial charge in [-0.05, 0) is 61.1 Å². The van der Waals surface area contributed by atoms with Crippen molar-refractivity contribution >= 4 is 23.1 Å². The quantitative estimate of drug-likeness (QED) is 0.735. The number of aliphatic hydroxyl groups excluding tert-OH is 1. The predicted molar refractivity (Wildman–Crippen MR) is 106 cm³/mol. The van der Waals surface area contributed by atoms with E-state index in [1.54, 1.807) is 25.3 Å². The number of benzene rings is 2. The lowest BCUT2D eigenvalue weighted by atomic mass is 9.79. The molecule has 7 heteroatoms. The van der Waals surface area contributed by atoms with E-state index in [9.17, 15) is 18.7 Å². The van der Waals surface area contributed by atoms with Crippen LogP contribution in [0.1, 0.15) is 31.2 Å². The van der Waals surface area contributed by atoms with Crippen LogP contribution in [0.3, 0.4) is 0 Å². The lowest BCUT2D eigenvalue weighted by Crippen LogP contribution is -2.48. The first kappa shape index (κ1) is 19.9. The second kappa shape index (κ2) is 7.43. The molecule has 0 aromatic heterocycles. The maximum Gasteiger partial charge on any atom is 0.256 e. The van der Waals surface area contributed by atoms with Gasteiger partial charge in [0.15, 0.2) is 11.6 Å². The molecule has 0 unspecified atom stereocenters. The second-order valence-electron chi connectivity index (χ2n) is 7.52. The fourth-order valence-corrected chi connectivity index (χ4v) is 4.40. The average Bonchev–Trinajstić information content (AvgIpc) is 2.95. The Morgan fingerprint density at radius 1 is 1.10 bits per heavy atom. The third-order valence-corrected chi connectivity index (χ3v) is 6.21. The second-order valence-corrected chi connectivity index (χ2v) is 7.93. The van der Waals surface area contributed by atoms with Crippen LogP contribution >= 0.6 is 11.6 Å². The van der Waals surface area contributed by atoms with Crippen LogP contribution in [-0.4, -0.2) is 29.8 Å². The minimum absolute atomic E-state index is 0.0265. The summed E-state index contributed by atoms with van der Waals surface area (Å²) in [6.45, 7) is 0. The van der Waals surface area contributed by atoms with Gasteiger partial charge in [-0.15, -0.1) is 0 Å². The molecule has 29 heavy (non-hydrogen) atoms. The summed E-state index contributed by atoms with van der Waals surface area (Å²) in [6.07, 6.45) is 2.67. The van der Waals surface area contributed by atoms with Crippen molar-refractivity contribution in [3.8, 4) is 11.1 Å². The average molecular weight is 420 g/mol. The molecule has 0 bridgehead atoms. The number of aliphatic hydroxyl groups is 1. The largest absolute Gasteiger partial charge is 0.509 e. The Labute approximate surface area is 172 Å². The molecule has 4 rings (SSSR count). The van der Waals surface area contributed by atoms with Crippen LogP contribution in [0.2, 0.25) is 5.02 Å². The molecule has 1 heterocycles. The third-order valence-electron chi connectivity index (χ3n) is 5.88. The summed E-state index contributed by atoms with van der Waals surface area (Å²) in [7, 11) is 1.65. The fourth-order valence-electron chi connectivity index (χ4n) is 4.19. The van der Waals surface area contributed by atoms with Crippen LogP contribution in [0.5, 0.6) is 0 Å². The first-order valence-corrected chi connectivity index (χ1v) is 9.77. The number of methoxy groups -OCH3 is 1. The smallest absolute Gasteiger partial charge is 0.256 e. The zero-order valence-corrected chi connectivity index (χ0v) is 16.5. The van der Waals surface area contributed by atoms with Crippen LogP contribution in [-0.2, 0) is 9.53 Å². The number of hydrogen-bond acceptors (Lipinski definition) is 3. The summed E-state index contributed by atoms with van der Waals surface area (Å²) in [5, 5.41) is 14.2. The van der Waals surface area contributed by atoms with Gasteiger partial charge in [0.25, 0.3) is 5.91 Å². The standard InChI is InChI=1S/C22H20ClF2NO3/c1-29-14-6-8-22(9-7-14)20(27)19(21(28)26-22)15-10-12(2-4-16(15)23)13-3-5-17(24)18(25)11-13/h2-5,10-11,14,27H,6-9H2,1H3,(H,26,28)/t14-,22-. The molecule has 2 aromatic rings. The van der Waals surface area contributed by atoms with Crippen molar-refractivity contribution in [3.63, 3.8) is 0 Å². The SMILES string of the molecule is CO[C@H]1CC[C@@]2(CC1)NC(=O)C(c1cc(-c3ccc(F)c(F)c3)ccc1Cl)=C2O.